The molecular formula is C25H47N5O12. The van der Waals surface area contributed by atoms with Crippen molar-refractivity contribution in [2.75, 3.05) is 19.7 Å². The number of ether oxygens (including phenoxy) is 4. The summed E-state index contributed by atoms with van der Waals surface area (Å²) in [7, 11) is 0. The van der Waals surface area contributed by atoms with Gasteiger partial charge in [-0.2, -0.15) is 0 Å². The molecule has 3 unspecified atom stereocenters. The van der Waals surface area contributed by atoms with Crippen molar-refractivity contribution in [3.63, 3.8) is 0 Å². The van der Waals surface area contributed by atoms with E-state index in [1.165, 1.54) is 0 Å². The molecule has 16 N–H and O–H groups in total. The molecule has 17 heteroatoms. The van der Waals surface area contributed by atoms with Crippen LogP contribution < -0.4 is 28.3 Å². The molecular weight excluding hydrogens is 562 g/mol. The van der Waals surface area contributed by atoms with Crippen LogP contribution in [0.1, 0.15) is 26.2 Å². The van der Waals surface area contributed by atoms with Gasteiger partial charge in [0.05, 0.1) is 24.8 Å². The number of aliphatic hydroxyl groups is 7. The number of carbonyl (C=O) groups excluding carboxylic acids is 1. The minimum absolute atomic E-state index is 0.0261. The highest BCUT2D eigenvalue weighted by Crippen LogP contribution is 2.41. The van der Waals surface area contributed by atoms with E-state index < -0.39 is 116 Å². The van der Waals surface area contributed by atoms with Crippen molar-refractivity contribution in [3.05, 3.63) is 0 Å². The fourth-order valence-electron chi connectivity index (χ4n) is 5.99. The quantitative estimate of drug-likeness (QED) is 0.103. The van der Waals surface area contributed by atoms with Gasteiger partial charge in [0.15, 0.2) is 18.4 Å². The summed E-state index contributed by atoms with van der Waals surface area (Å²) < 4.78 is 23.4. The van der Waals surface area contributed by atoms with Gasteiger partial charge in [-0.25, -0.2) is 0 Å². The third-order valence-electron chi connectivity index (χ3n) is 8.91. The predicted molar refractivity (Wildman–Crippen MR) is 142 cm³/mol. The summed E-state index contributed by atoms with van der Waals surface area (Å²) in [5, 5.41) is 76.5. The van der Waals surface area contributed by atoms with Gasteiger partial charge in [0.25, 0.3) is 0 Å². The molecule has 17 atom stereocenters. The van der Waals surface area contributed by atoms with E-state index in [4.69, 9.17) is 41.9 Å². The van der Waals surface area contributed by atoms with Gasteiger partial charge in [-0.15, -0.1) is 0 Å². The Kier molecular flexibility index (Phi) is 11.0. The van der Waals surface area contributed by atoms with Crippen LogP contribution in [0, 0.1) is 5.92 Å². The molecule has 42 heavy (non-hydrogen) atoms. The van der Waals surface area contributed by atoms with Crippen molar-refractivity contribution < 1.29 is 59.5 Å². The fourth-order valence-corrected chi connectivity index (χ4v) is 5.99. The lowest BCUT2D eigenvalue weighted by Gasteiger charge is -2.49. The van der Waals surface area contributed by atoms with Gasteiger partial charge < -0.3 is 82.9 Å². The number of likely N-dealkylation sites (N-methyl/N-ethyl adjacent to an activating group) is 1. The number of nitrogens with two attached hydrogens (primary N) is 4. The van der Waals surface area contributed by atoms with Crippen LogP contribution in [0.25, 0.3) is 0 Å². The van der Waals surface area contributed by atoms with E-state index in [-0.39, 0.29) is 25.8 Å². The van der Waals surface area contributed by atoms with Crippen molar-refractivity contribution in [2.45, 2.75) is 123 Å². The molecule has 4 fully saturated rings. The molecule has 0 aromatic carbocycles. The van der Waals surface area contributed by atoms with Crippen molar-refractivity contribution >= 4 is 5.78 Å². The highest BCUT2D eigenvalue weighted by molar-refractivity contribution is 5.91. The van der Waals surface area contributed by atoms with Crippen LogP contribution in [-0.2, 0) is 23.7 Å². The lowest BCUT2D eigenvalue weighted by molar-refractivity contribution is -0.323. The molecule has 4 aliphatic rings. The number of ketones is 1. The molecule has 0 bridgehead atoms. The molecule has 2 aliphatic heterocycles. The molecule has 0 radical (unpaired) electrons. The molecule has 4 rings (SSSR count). The zero-order valence-corrected chi connectivity index (χ0v) is 23.5. The number of Topliss-reactive ketones (excluding diaryl/α,β-unsaturated/α-hetero) is 1. The zero-order chi connectivity index (χ0) is 31.1. The van der Waals surface area contributed by atoms with E-state index in [0.29, 0.717) is 6.54 Å². The van der Waals surface area contributed by atoms with E-state index in [1.54, 1.807) is 0 Å². The second-order valence-corrected chi connectivity index (χ2v) is 11.9. The molecule has 0 spiro atoms. The van der Waals surface area contributed by atoms with E-state index in [1.807, 2.05) is 6.92 Å². The molecule has 244 valence electrons. The molecule has 2 saturated carbocycles. The van der Waals surface area contributed by atoms with Crippen molar-refractivity contribution in [3.8, 4) is 0 Å². The minimum Gasteiger partial charge on any atom is -0.394 e. The zero-order valence-electron chi connectivity index (χ0n) is 23.5. The highest BCUT2D eigenvalue weighted by atomic mass is 16.7. The number of hydrogen-bond acceptors (Lipinski definition) is 17. The molecule has 2 saturated heterocycles. The Hall–Kier alpha value is -0.970. The van der Waals surface area contributed by atoms with Crippen LogP contribution in [0.15, 0.2) is 0 Å². The Labute approximate surface area is 243 Å². The molecule has 0 aromatic heterocycles. The van der Waals surface area contributed by atoms with Crippen LogP contribution in [0.5, 0.6) is 0 Å². The first kappa shape index (κ1) is 33.9. The van der Waals surface area contributed by atoms with Gasteiger partial charge in [0, 0.05) is 31.5 Å². The van der Waals surface area contributed by atoms with Gasteiger partial charge in [-0.05, 0) is 18.9 Å². The Morgan fingerprint density at radius 1 is 0.881 bits per heavy atom. The van der Waals surface area contributed by atoms with Gasteiger partial charge in [-0.3, -0.25) is 4.79 Å². The molecule has 2 aliphatic carbocycles. The number of carbonyl (C=O) groups is 1. The molecule has 0 aromatic rings. The number of hydrogen-bond donors (Lipinski definition) is 12. The second kappa shape index (κ2) is 13.6. The number of nitrogens with one attached hydrogen (secondary N) is 1. The Balaban J connectivity index is 1.55. The molecule has 0 amide bonds. The van der Waals surface area contributed by atoms with E-state index in [0.717, 1.165) is 0 Å². The fraction of sp³-hybridized carbons (Fsp3) is 0.960. The normalized spacial score (nSPS) is 51.3. The third kappa shape index (κ3) is 6.66. The maximum absolute atomic E-state index is 12.9. The topological polar surface area (TPSA) is 312 Å². The number of aliphatic hydroxyl groups excluding tert-OH is 6. The Bertz CT molecular complexity index is 923. The van der Waals surface area contributed by atoms with Crippen LogP contribution in [-0.4, -0.2) is 159 Å². The average Bonchev–Trinajstić information content (AvgIpc) is 3.59. The van der Waals surface area contributed by atoms with Gasteiger partial charge >= 0.3 is 0 Å². The van der Waals surface area contributed by atoms with E-state index in [9.17, 15) is 40.5 Å². The first-order valence-electron chi connectivity index (χ1n) is 14.4. The summed E-state index contributed by atoms with van der Waals surface area (Å²) in [4.78, 5) is 12.9. The average molecular weight is 610 g/mol. The van der Waals surface area contributed by atoms with Crippen molar-refractivity contribution in [1.29, 1.82) is 0 Å². The Morgan fingerprint density at radius 2 is 1.50 bits per heavy atom. The van der Waals surface area contributed by atoms with E-state index >= 15 is 0 Å². The SMILES string of the molecule is CCNC[C@H]1O[C@H](OC2[C@@H](N)C[C@@H](CC(=O)C3(O)CC3N)[C@H](O[C@H]3O[C@H](CO)[C@@H](O)[C@H](N)[C@H]3O)[C@H]2O)[C@H](N)[C@@H](O)[C@@H]1O. The summed E-state index contributed by atoms with van der Waals surface area (Å²) in [5.74, 6) is -1.39. The summed E-state index contributed by atoms with van der Waals surface area (Å²) in [5.41, 5.74) is 22.5. The molecule has 2 heterocycles. The summed E-state index contributed by atoms with van der Waals surface area (Å²) in [6.45, 7) is 1.95. The first-order valence-corrected chi connectivity index (χ1v) is 14.4. The molecule has 17 nitrogen and oxygen atoms in total. The van der Waals surface area contributed by atoms with Crippen LogP contribution in [0.2, 0.25) is 0 Å². The minimum atomic E-state index is -1.70. The van der Waals surface area contributed by atoms with Crippen LogP contribution in [0.4, 0.5) is 0 Å². The van der Waals surface area contributed by atoms with Crippen molar-refractivity contribution in [2.24, 2.45) is 28.9 Å². The standard InChI is InChI=1S/C25H47N5O12/c1-2-30-6-10-17(34)18(35)15(29)23(39-10)42-22-9(26)3-8(4-13(32)25(38)5-12(25)27)21(20(22)37)41-24-19(36)14(28)16(33)11(7-31)40-24/h8-12,14-24,30-31,33-38H,2-7,26-29H2,1H3/t8-,9-,10+,11+,12?,14-,15+,16+,17+,18+,19+,20+,21-,22?,23+,24+,25?/m0/s1. The largest absolute Gasteiger partial charge is 0.394 e. The van der Waals surface area contributed by atoms with Crippen LogP contribution in [0.3, 0.4) is 0 Å². The van der Waals surface area contributed by atoms with Gasteiger partial charge in [-0.1, -0.05) is 6.92 Å². The lowest BCUT2D eigenvalue weighted by atomic mass is 9.76. The maximum Gasteiger partial charge on any atom is 0.186 e. The first-order chi connectivity index (χ1) is 19.7. The summed E-state index contributed by atoms with van der Waals surface area (Å²) >= 11 is 0. The highest BCUT2D eigenvalue weighted by Gasteiger charge is 2.58. The summed E-state index contributed by atoms with van der Waals surface area (Å²) in [6, 6.07) is -4.12. The smallest absolute Gasteiger partial charge is 0.186 e. The predicted octanol–water partition coefficient (Wildman–Crippen LogP) is -6.96. The van der Waals surface area contributed by atoms with Crippen molar-refractivity contribution in [1.82, 2.24) is 5.32 Å². The Morgan fingerprint density at radius 3 is 2.10 bits per heavy atom. The van der Waals surface area contributed by atoms with Gasteiger partial charge in [0.1, 0.15) is 54.4 Å². The third-order valence-corrected chi connectivity index (χ3v) is 8.91. The maximum atomic E-state index is 12.9. The lowest BCUT2D eigenvalue weighted by Crippen LogP contribution is -2.68. The second-order valence-electron chi connectivity index (χ2n) is 11.9. The monoisotopic (exact) mass is 609 g/mol. The van der Waals surface area contributed by atoms with E-state index in [2.05, 4.69) is 5.32 Å². The number of rotatable bonds is 11. The summed E-state index contributed by atoms with van der Waals surface area (Å²) in [6.07, 6.45) is -15.0. The van der Waals surface area contributed by atoms with Gasteiger partial charge in [0.2, 0.25) is 0 Å². The van der Waals surface area contributed by atoms with Crippen LogP contribution >= 0.6 is 0 Å².